The van der Waals surface area contributed by atoms with Crippen LogP contribution in [0.15, 0.2) is 0 Å². The van der Waals surface area contributed by atoms with Gasteiger partial charge in [0.15, 0.2) is 0 Å². The highest BCUT2D eigenvalue weighted by atomic mass is 16.5. The lowest BCUT2D eigenvalue weighted by Crippen LogP contribution is -2.14. The maximum absolute atomic E-state index is 5.61. The Hall–Kier alpha value is -0.940. The maximum atomic E-state index is 5.61. The van der Waals surface area contributed by atoms with E-state index in [1.807, 2.05) is 0 Å². The van der Waals surface area contributed by atoms with Crippen molar-refractivity contribution in [2.24, 2.45) is 5.73 Å². The SMILES string of the molecule is COCCc1c(CCN)nnn1C1CCCC1. The minimum Gasteiger partial charge on any atom is -0.384 e. The fraction of sp³-hybridized carbons (Fsp3) is 0.833. The second-order valence-electron chi connectivity index (χ2n) is 4.65. The molecule has 0 spiro atoms. The van der Waals surface area contributed by atoms with Gasteiger partial charge in [-0.2, -0.15) is 0 Å². The van der Waals surface area contributed by atoms with Crippen molar-refractivity contribution in [3.63, 3.8) is 0 Å². The van der Waals surface area contributed by atoms with Crippen LogP contribution >= 0.6 is 0 Å². The van der Waals surface area contributed by atoms with E-state index in [1.54, 1.807) is 7.11 Å². The van der Waals surface area contributed by atoms with E-state index in [0.717, 1.165) is 25.1 Å². The Labute approximate surface area is 102 Å². The normalized spacial score (nSPS) is 16.8. The second kappa shape index (κ2) is 6.12. The summed E-state index contributed by atoms with van der Waals surface area (Å²) < 4.78 is 7.29. The average Bonchev–Trinajstić information content (AvgIpc) is 2.95. The first-order valence-corrected chi connectivity index (χ1v) is 6.48. The highest BCUT2D eigenvalue weighted by Crippen LogP contribution is 2.30. The number of aromatic nitrogens is 3. The molecular weight excluding hydrogens is 216 g/mol. The summed E-state index contributed by atoms with van der Waals surface area (Å²) in [6, 6.07) is 0.542. The zero-order valence-electron chi connectivity index (χ0n) is 10.6. The zero-order chi connectivity index (χ0) is 12.1. The van der Waals surface area contributed by atoms with Gasteiger partial charge in [-0.1, -0.05) is 18.1 Å². The van der Waals surface area contributed by atoms with Gasteiger partial charge in [0.05, 0.1) is 24.0 Å². The third-order valence-electron chi connectivity index (χ3n) is 3.47. The lowest BCUT2D eigenvalue weighted by Gasteiger charge is -2.13. The van der Waals surface area contributed by atoms with Crippen LogP contribution in [0.5, 0.6) is 0 Å². The Morgan fingerprint density at radius 1 is 1.35 bits per heavy atom. The van der Waals surface area contributed by atoms with Gasteiger partial charge in [0, 0.05) is 20.0 Å². The standard InChI is InChI=1S/C12H22N4O/c1-17-9-7-12-11(6-8-13)14-15-16(12)10-4-2-3-5-10/h10H,2-9,13H2,1H3. The van der Waals surface area contributed by atoms with Gasteiger partial charge in [0.25, 0.3) is 0 Å². The Bertz CT molecular complexity index is 344. The predicted molar refractivity (Wildman–Crippen MR) is 65.9 cm³/mol. The Morgan fingerprint density at radius 3 is 2.76 bits per heavy atom. The fourth-order valence-corrected chi connectivity index (χ4v) is 2.58. The Kier molecular flexibility index (Phi) is 4.50. The highest BCUT2D eigenvalue weighted by Gasteiger charge is 2.22. The molecule has 0 unspecified atom stereocenters. The molecule has 0 aliphatic heterocycles. The van der Waals surface area contributed by atoms with Crippen LogP contribution in [-0.2, 0) is 17.6 Å². The molecule has 1 aliphatic rings. The number of nitrogens with two attached hydrogens (primary N) is 1. The molecule has 0 saturated heterocycles. The van der Waals surface area contributed by atoms with Crippen molar-refractivity contribution in [3.8, 4) is 0 Å². The summed E-state index contributed by atoms with van der Waals surface area (Å²) in [5.74, 6) is 0. The van der Waals surface area contributed by atoms with Gasteiger partial charge in [-0.15, -0.1) is 5.10 Å². The quantitative estimate of drug-likeness (QED) is 0.805. The third-order valence-corrected chi connectivity index (χ3v) is 3.47. The van der Waals surface area contributed by atoms with E-state index in [2.05, 4.69) is 15.0 Å². The van der Waals surface area contributed by atoms with Crippen molar-refractivity contribution in [2.75, 3.05) is 20.3 Å². The van der Waals surface area contributed by atoms with Crippen molar-refractivity contribution in [2.45, 2.75) is 44.6 Å². The van der Waals surface area contributed by atoms with Gasteiger partial charge in [-0.05, 0) is 19.4 Å². The van der Waals surface area contributed by atoms with Crippen molar-refractivity contribution in [3.05, 3.63) is 11.4 Å². The number of rotatable bonds is 6. The zero-order valence-corrected chi connectivity index (χ0v) is 10.6. The average molecular weight is 238 g/mol. The van der Waals surface area contributed by atoms with E-state index in [1.165, 1.54) is 31.4 Å². The molecule has 1 heterocycles. The molecule has 0 bridgehead atoms. The summed E-state index contributed by atoms with van der Waals surface area (Å²) in [4.78, 5) is 0. The summed E-state index contributed by atoms with van der Waals surface area (Å²) in [5.41, 5.74) is 7.89. The molecule has 0 atom stereocenters. The second-order valence-corrected chi connectivity index (χ2v) is 4.65. The monoisotopic (exact) mass is 238 g/mol. The van der Waals surface area contributed by atoms with Crippen LogP contribution in [0.1, 0.15) is 43.1 Å². The molecule has 5 nitrogen and oxygen atoms in total. The molecule has 2 N–H and O–H groups in total. The molecule has 1 aromatic rings. The van der Waals surface area contributed by atoms with E-state index in [0.29, 0.717) is 12.6 Å². The molecule has 0 radical (unpaired) electrons. The summed E-state index contributed by atoms with van der Waals surface area (Å²) in [6.45, 7) is 1.35. The molecule has 17 heavy (non-hydrogen) atoms. The highest BCUT2D eigenvalue weighted by molar-refractivity contribution is 5.12. The number of ether oxygens (including phenoxy) is 1. The maximum Gasteiger partial charge on any atom is 0.0872 e. The van der Waals surface area contributed by atoms with Crippen LogP contribution in [0, 0.1) is 0 Å². The van der Waals surface area contributed by atoms with Gasteiger partial charge >= 0.3 is 0 Å². The fourth-order valence-electron chi connectivity index (χ4n) is 2.58. The van der Waals surface area contributed by atoms with Crippen LogP contribution in [0.4, 0.5) is 0 Å². The van der Waals surface area contributed by atoms with E-state index < -0.39 is 0 Å². The van der Waals surface area contributed by atoms with Gasteiger partial charge in [-0.25, -0.2) is 4.68 Å². The van der Waals surface area contributed by atoms with E-state index in [9.17, 15) is 0 Å². The van der Waals surface area contributed by atoms with Crippen molar-refractivity contribution in [1.82, 2.24) is 15.0 Å². The van der Waals surface area contributed by atoms with Gasteiger partial charge in [0.2, 0.25) is 0 Å². The lowest BCUT2D eigenvalue weighted by atomic mass is 10.1. The Morgan fingerprint density at radius 2 is 2.12 bits per heavy atom. The molecule has 0 amide bonds. The molecule has 1 aromatic heterocycles. The van der Waals surface area contributed by atoms with Crippen LogP contribution in [0.3, 0.4) is 0 Å². The van der Waals surface area contributed by atoms with Crippen molar-refractivity contribution < 1.29 is 4.74 Å². The smallest absolute Gasteiger partial charge is 0.0872 e. The minimum atomic E-state index is 0.542. The molecule has 96 valence electrons. The predicted octanol–water partition coefficient (Wildman–Crippen LogP) is 1.08. The van der Waals surface area contributed by atoms with Crippen LogP contribution in [0.25, 0.3) is 0 Å². The van der Waals surface area contributed by atoms with Crippen LogP contribution in [-0.4, -0.2) is 35.3 Å². The largest absolute Gasteiger partial charge is 0.384 e. The number of hydrogen-bond donors (Lipinski definition) is 1. The summed E-state index contributed by atoms with van der Waals surface area (Å²) in [6.07, 6.45) is 6.76. The van der Waals surface area contributed by atoms with Crippen molar-refractivity contribution in [1.29, 1.82) is 0 Å². The number of hydrogen-bond acceptors (Lipinski definition) is 4. The number of methoxy groups -OCH3 is 1. The first-order chi connectivity index (χ1) is 8.36. The summed E-state index contributed by atoms with van der Waals surface area (Å²) in [7, 11) is 1.73. The van der Waals surface area contributed by atoms with Gasteiger partial charge in [0.1, 0.15) is 0 Å². The Balaban J connectivity index is 2.17. The van der Waals surface area contributed by atoms with E-state index in [4.69, 9.17) is 10.5 Å². The molecule has 2 rings (SSSR count). The molecule has 1 fully saturated rings. The van der Waals surface area contributed by atoms with E-state index >= 15 is 0 Å². The summed E-state index contributed by atoms with van der Waals surface area (Å²) >= 11 is 0. The van der Waals surface area contributed by atoms with Crippen LogP contribution < -0.4 is 5.73 Å². The number of nitrogens with zero attached hydrogens (tertiary/aromatic N) is 3. The molecule has 1 aliphatic carbocycles. The topological polar surface area (TPSA) is 66.0 Å². The lowest BCUT2D eigenvalue weighted by molar-refractivity contribution is 0.199. The van der Waals surface area contributed by atoms with E-state index in [-0.39, 0.29) is 0 Å². The summed E-state index contributed by atoms with van der Waals surface area (Å²) in [5, 5.41) is 8.61. The first kappa shape index (κ1) is 12.5. The van der Waals surface area contributed by atoms with Crippen LogP contribution in [0.2, 0.25) is 0 Å². The minimum absolute atomic E-state index is 0.542. The third kappa shape index (κ3) is 2.84. The molecule has 5 heteroatoms. The van der Waals surface area contributed by atoms with Gasteiger partial charge < -0.3 is 10.5 Å². The first-order valence-electron chi connectivity index (χ1n) is 6.48. The molecular formula is C12H22N4O. The van der Waals surface area contributed by atoms with Gasteiger partial charge in [-0.3, -0.25) is 0 Å². The van der Waals surface area contributed by atoms with Crippen molar-refractivity contribution >= 4 is 0 Å². The molecule has 1 saturated carbocycles. The molecule has 0 aromatic carbocycles.